The van der Waals surface area contributed by atoms with Crippen LogP contribution in [0.15, 0.2) is 24.3 Å². The molecule has 3 atom stereocenters. The van der Waals surface area contributed by atoms with Gasteiger partial charge < -0.3 is 4.74 Å². The Morgan fingerprint density at radius 1 is 1.19 bits per heavy atom. The van der Waals surface area contributed by atoms with E-state index in [0.717, 1.165) is 43.4 Å². The van der Waals surface area contributed by atoms with Crippen LogP contribution in [-0.2, 0) is 15.0 Å². The van der Waals surface area contributed by atoms with Crippen molar-refractivity contribution < 1.29 is 14.3 Å². The lowest BCUT2D eigenvalue weighted by atomic mass is 9.56. The van der Waals surface area contributed by atoms with Gasteiger partial charge in [-0.05, 0) is 61.6 Å². The van der Waals surface area contributed by atoms with Gasteiger partial charge in [0.2, 0.25) is 11.8 Å². The normalized spacial score (nSPS) is 32.2. The number of imide groups is 1. The van der Waals surface area contributed by atoms with Gasteiger partial charge in [0, 0.05) is 24.3 Å². The summed E-state index contributed by atoms with van der Waals surface area (Å²) in [5, 5.41) is 0. The van der Waals surface area contributed by atoms with Gasteiger partial charge in [-0.15, -0.1) is 0 Å². The van der Waals surface area contributed by atoms with Crippen LogP contribution in [0.3, 0.4) is 0 Å². The number of carbonyl (C=O) groups excluding carboxylic acids is 2. The van der Waals surface area contributed by atoms with Gasteiger partial charge in [-0.3, -0.25) is 14.5 Å². The zero-order chi connectivity index (χ0) is 18.3. The number of hydrogen-bond acceptors (Lipinski definition) is 3. The lowest BCUT2D eigenvalue weighted by Gasteiger charge is -2.51. The first-order chi connectivity index (χ1) is 12.5. The monoisotopic (exact) mass is 355 g/mol. The van der Waals surface area contributed by atoms with Crippen LogP contribution in [0.5, 0.6) is 5.75 Å². The molecule has 1 heterocycles. The number of methoxy groups -OCH3 is 1. The third kappa shape index (κ3) is 2.83. The summed E-state index contributed by atoms with van der Waals surface area (Å²) in [4.78, 5) is 28.0. The minimum Gasteiger partial charge on any atom is -0.497 e. The Morgan fingerprint density at radius 2 is 2.00 bits per heavy atom. The van der Waals surface area contributed by atoms with Gasteiger partial charge in [-0.25, -0.2) is 0 Å². The fourth-order valence-corrected chi connectivity index (χ4v) is 5.30. The molecule has 0 unspecified atom stereocenters. The Morgan fingerprint density at radius 3 is 2.69 bits per heavy atom. The minimum absolute atomic E-state index is 0.0232. The molecule has 1 saturated heterocycles. The van der Waals surface area contributed by atoms with E-state index in [4.69, 9.17) is 4.74 Å². The van der Waals surface area contributed by atoms with Gasteiger partial charge >= 0.3 is 0 Å². The average molecular weight is 355 g/mol. The van der Waals surface area contributed by atoms with Crippen LogP contribution < -0.4 is 4.74 Å². The molecule has 2 aliphatic carbocycles. The number of ether oxygens (including phenoxy) is 1. The molecule has 0 radical (unpaired) electrons. The number of fused-ring (bicyclic) bond motifs is 1. The molecule has 0 bridgehead atoms. The van der Waals surface area contributed by atoms with Gasteiger partial charge in [0.1, 0.15) is 5.75 Å². The standard InChI is InChI=1S/C22H29NO3/c1-15-9-10-19-21(25)23(14-16-5-3-6-16)20(24)13-22(19,12-15)17-7-4-8-18(11-17)26-2/h4,7-8,11,15-16,19H,3,5-6,9-10,12-14H2,1-2H3/t15-,19-,22+/m0/s1. The number of piperidine rings is 1. The molecule has 4 rings (SSSR count). The van der Waals surface area contributed by atoms with Crippen molar-refractivity contribution in [3.05, 3.63) is 29.8 Å². The lowest BCUT2D eigenvalue weighted by molar-refractivity contribution is -0.159. The zero-order valence-corrected chi connectivity index (χ0v) is 15.9. The Kier molecular flexibility index (Phi) is 4.54. The molecule has 0 spiro atoms. The van der Waals surface area contributed by atoms with Crippen LogP contribution >= 0.6 is 0 Å². The van der Waals surface area contributed by atoms with E-state index in [-0.39, 0.29) is 23.1 Å². The number of hydrogen-bond donors (Lipinski definition) is 0. The summed E-state index contributed by atoms with van der Waals surface area (Å²) in [7, 11) is 1.66. The molecule has 3 fully saturated rings. The van der Waals surface area contributed by atoms with Crippen LogP contribution in [0.2, 0.25) is 0 Å². The maximum absolute atomic E-state index is 13.4. The lowest BCUT2D eigenvalue weighted by Crippen LogP contribution is -2.59. The quantitative estimate of drug-likeness (QED) is 0.769. The van der Waals surface area contributed by atoms with E-state index in [2.05, 4.69) is 13.0 Å². The highest BCUT2D eigenvalue weighted by Crippen LogP contribution is 2.52. The van der Waals surface area contributed by atoms with E-state index in [1.165, 1.54) is 6.42 Å². The molecular formula is C22H29NO3. The topological polar surface area (TPSA) is 46.6 Å². The average Bonchev–Trinajstić information content (AvgIpc) is 2.59. The fourth-order valence-electron chi connectivity index (χ4n) is 5.30. The van der Waals surface area contributed by atoms with E-state index in [9.17, 15) is 9.59 Å². The molecule has 1 aliphatic heterocycles. The van der Waals surface area contributed by atoms with Crippen molar-refractivity contribution in [3.63, 3.8) is 0 Å². The van der Waals surface area contributed by atoms with E-state index < -0.39 is 0 Å². The zero-order valence-electron chi connectivity index (χ0n) is 15.9. The highest BCUT2D eigenvalue weighted by molar-refractivity contribution is 6.01. The number of benzene rings is 1. The van der Waals surface area contributed by atoms with Crippen molar-refractivity contribution in [2.24, 2.45) is 17.8 Å². The molecule has 2 amide bonds. The maximum Gasteiger partial charge on any atom is 0.233 e. The number of rotatable bonds is 4. The molecular weight excluding hydrogens is 326 g/mol. The second-order valence-electron chi connectivity index (χ2n) is 8.64. The van der Waals surface area contributed by atoms with E-state index in [0.29, 0.717) is 24.8 Å². The predicted molar refractivity (Wildman–Crippen MR) is 99.9 cm³/mol. The van der Waals surface area contributed by atoms with Crippen molar-refractivity contribution >= 4 is 11.8 Å². The molecule has 2 saturated carbocycles. The molecule has 1 aromatic carbocycles. The second kappa shape index (κ2) is 6.71. The van der Waals surface area contributed by atoms with Crippen LogP contribution in [0, 0.1) is 17.8 Å². The Balaban J connectivity index is 1.70. The first-order valence-corrected chi connectivity index (χ1v) is 10.0. The summed E-state index contributed by atoms with van der Waals surface area (Å²) in [6, 6.07) is 8.02. The molecule has 3 aliphatic rings. The largest absolute Gasteiger partial charge is 0.497 e. The Hall–Kier alpha value is -1.84. The number of nitrogens with zero attached hydrogens (tertiary/aromatic N) is 1. The van der Waals surface area contributed by atoms with Crippen LogP contribution in [0.1, 0.15) is 57.4 Å². The van der Waals surface area contributed by atoms with Crippen molar-refractivity contribution in [2.75, 3.05) is 13.7 Å². The summed E-state index contributed by atoms with van der Waals surface area (Å²) >= 11 is 0. The first kappa shape index (κ1) is 17.6. The van der Waals surface area contributed by atoms with Crippen LogP contribution in [0.25, 0.3) is 0 Å². The van der Waals surface area contributed by atoms with Crippen molar-refractivity contribution in [1.82, 2.24) is 4.90 Å². The van der Waals surface area contributed by atoms with E-state index >= 15 is 0 Å². The van der Waals surface area contributed by atoms with Crippen molar-refractivity contribution in [1.29, 1.82) is 0 Å². The summed E-state index contributed by atoms with van der Waals surface area (Å²) < 4.78 is 5.42. The van der Waals surface area contributed by atoms with E-state index in [1.54, 1.807) is 12.0 Å². The van der Waals surface area contributed by atoms with Gasteiger partial charge in [0.25, 0.3) is 0 Å². The van der Waals surface area contributed by atoms with Gasteiger partial charge in [-0.1, -0.05) is 25.5 Å². The third-order valence-corrected chi connectivity index (χ3v) is 6.97. The van der Waals surface area contributed by atoms with Crippen LogP contribution in [-0.4, -0.2) is 30.4 Å². The molecule has 1 aromatic rings. The second-order valence-corrected chi connectivity index (χ2v) is 8.64. The molecule has 0 N–H and O–H groups in total. The summed E-state index contributed by atoms with van der Waals surface area (Å²) in [6.07, 6.45) is 6.83. The smallest absolute Gasteiger partial charge is 0.233 e. The summed E-state index contributed by atoms with van der Waals surface area (Å²) in [5.41, 5.74) is 0.731. The molecule has 4 heteroatoms. The third-order valence-electron chi connectivity index (χ3n) is 6.97. The molecule has 0 aromatic heterocycles. The first-order valence-electron chi connectivity index (χ1n) is 10.0. The number of likely N-dealkylation sites (tertiary alicyclic amines) is 1. The fraction of sp³-hybridized carbons (Fsp3) is 0.636. The van der Waals surface area contributed by atoms with E-state index in [1.807, 2.05) is 18.2 Å². The van der Waals surface area contributed by atoms with Crippen molar-refractivity contribution in [3.8, 4) is 5.75 Å². The molecule has 4 nitrogen and oxygen atoms in total. The van der Waals surface area contributed by atoms with Gasteiger partial charge in [-0.2, -0.15) is 0 Å². The molecule has 140 valence electrons. The predicted octanol–water partition coefficient (Wildman–Crippen LogP) is 3.93. The number of carbonyl (C=O) groups is 2. The highest BCUT2D eigenvalue weighted by Gasteiger charge is 2.54. The summed E-state index contributed by atoms with van der Waals surface area (Å²) in [6.45, 7) is 2.88. The van der Waals surface area contributed by atoms with Gasteiger partial charge in [0.05, 0.1) is 7.11 Å². The van der Waals surface area contributed by atoms with Crippen molar-refractivity contribution in [2.45, 2.75) is 57.3 Å². The van der Waals surface area contributed by atoms with Gasteiger partial charge in [0.15, 0.2) is 0 Å². The van der Waals surface area contributed by atoms with Crippen LogP contribution in [0.4, 0.5) is 0 Å². The summed E-state index contributed by atoms with van der Waals surface area (Å²) in [5.74, 6) is 1.86. The Bertz CT molecular complexity index is 711. The maximum atomic E-state index is 13.4. The minimum atomic E-state index is -0.365. The molecule has 26 heavy (non-hydrogen) atoms. The highest BCUT2D eigenvalue weighted by atomic mass is 16.5. The Labute approximate surface area is 155 Å². The number of amides is 2. The SMILES string of the molecule is COc1cccc([C@@]23CC(=O)N(CC4CCC4)C(=O)[C@@H]2CC[C@H](C)C3)c1.